The number of rotatable bonds is 8. The molecule has 4 rings (SSSR count). The van der Waals surface area contributed by atoms with Gasteiger partial charge in [0.2, 0.25) is 11.8 Å². The Morgan fingerprint density at radius 3 is 2.37 bits per heavy atom. The smallest absolute Gasteiger partial charge is 0.261 e. The first-order valence-electron chi connectivity index (χ1n) is 14.6. The molecule has 4 fully saturated rings. The SMILES string of the molecule is CC(C)C[C@@H]1NCCN([C@@H](CC(C)C)C(=O)N2CCC3(C[C@@H]2C)OCC(CN2CCC(F)(F)C2)CO3)C1=O. The number of hydrogen-bond donors (Lipinski definition) is 1. The van der Waals surface area contributed by atoms with Crippen LogP contribution in [0, 0.1) is 17.8 Å². The molecule has 0 bridgehead atoms. The Balaban J connectivity index is 1.35. The van der Waals surface area contributed by atoms with Crippen LogP contribution in [-0.4, -0.2) is 109 Å². The molecule has 1 N–H and O–H groups in total. The zero-order valence-corrected chi connectivity index (χ0v) is 23.9. The highest BCUT2D eigenvalue weighted by Crippen LogP contribution is 2.37. The summed E-state index contributed by atoms with van der Waals surface area (Å²) in [6, 6.07) is -0.798. The van der Waals surface area contributed by atoms with Crippen molar-refractivity contribution in [2.75, 3.05) is 52.5 Å². The topological polar surface area (TPSA) is 74.3 Å². The molecule has 0 aromatic rings. The Kier molecular flexibility index (Phi) is 9.37. The third kappa shape index (κ3) is 7.04. The van der Waals surface area contributed by atoms with Crippen molar-refractivity contribution in [1.29, 1.82) is 0 Å². The van der Waals surface area contributed by atoms with E-state index in [2.05, 4.69) is 33.0 Å². The number of nitrogens with one attached hydrogen (secondary N) is 1. The van der Waals surface area contributed by atoms with Crippen molar-refractivity contribution in [3.05, 3.63) is 0 Å². The highest BCUT2D eigenvalue weighted by atomic mass is 19.3. The van der Waals surface area contributed by atoms with Crippen molar-refractivity contribution < 1.29 is 27.8 Å². The lowest BCUT2D eigenvalue weighted by atomic mass is 9.92. The molecule has 3 atom stereocenters. The van der Waals surface area contributed by atoms with Crippen molar-refractivity contribution in [2.24, 2.45) is 17.8 Å². The molecular weight excluding hydrogens is 494 g/mol. The van der Waals surface area contributed by atoms with Gasteiger partial charge in [0.25, 0.3) is 5.92 Å². The van der Waals surface area contributed by atoms with Gasteiger partial charge >= 0.3 is 0 Å². The Bertz CT molecular complexity index is 834. The van der Waals surface area contributed by atoms with Gasteiger partial charge in [0.05, 0.1) is 25.8 Å². The van der Waals surface area contributed by atoms with Crippen LogP contribution in [0.4, 0.5) is 8.78 Å². The van der Waals surface area contributed by atoms with E-state index in [9.17, 15) is 18.4 Å². The van der Waals surface area contributed by atoms with Gasteiger partial charge in [-0.25, -0.2) is 8.78 Å². The molecule has 8 nitrogen and oxygen atoms in total. The van der Waals surface area contributed by atoms with Gasteiger partial charge in [0.1, 0.15) is 6.04 Å². The molecule has 10 heteroatoms. The molecule has 0 aliphatic carbocycles. The van der Waals surface area contributed by atoms with E-state index in [1.54, 1.807) is 4.90 Å². The first kappa shape index (κ1) is 29.6. The summed E-state index contributed by atoms with van der Waals surface area (Å²) in [5.41, 5.74) is 0. The fourth-order valence-corrected chi connectivity index (χ4v) is 6.55. The summed E-state index contributed by atoms with van der Waals surface area (Å²) >= 11 is 0. The van der Waals surface area contributed by atoms with E-state index >= 15 is 0 Å². The average Bonchev–Trinajstić information content (AvgIpc) is 3.18. The van der Waals surface area contributed by atoms with Crippen molar-refractivity contribution in [2.45, 2.75) is 96.6 Å². The van der Waals surface area contributed by atoms with E-state index in [-0.39, 0.29) is 48.7 Å². The first-order chi connectivity index (χ1) is 17.9. The molecule has 1 spiro atoms. The van der Waals surface area contributed by atoms with Crippen LogP contribution in [-0.2, 0) is 19.1 Å². The number of nitrogens with zero attached hydrogens (tertiary/aromatic N) is 3. The van der Waals surface area contributed by atoms with Crippen LogP contribution in [0.25, 0.3) is 0 Å². The van der Waals surface area contributed by atoms with Gasteiger partial charge in [-0.05, 0) is 31.6 Å². The van der Waals surface area contributed by atoms with Crippen LogP contribution < -0.4 is 5.32 Å². The summed E-state index contributed by atoms with van der Waals surface area (Å²) < 4.78 is 39.6. The second-order valence-corrected chi connectivity index (χ2v) is 12.9. The van der Waals surface area contributed by atoms with E-state index < -0.39 is 17.8 Å². The lowest BCUT2D eigenvalue weighted by Gasteiger charge is -2.49. The third-order valence-electron chi connectivity index (χ3n) is 8.47. The van der Waals surface area contributed by atoms with Gasteiger partial charge in [0.15, 0.2) is 5.79 Å². The van der Waals surface area contributed by atoms with Crippen molar-refractivity contribution in [3.63, 3.8) is 0 Å². The highest BCUT2D eigenvalue weighted by Gasteiger charge is 2.47. The number of alkyl halides is 2. The lowest BCUT2D eigenvalue weighted by molar-refractivity contribution is -0.303. The molecule has 0 unspecified atom stereocenters. The van der Waals surface area contributed by atoms with Crippen LogP contribution in [0.5, 0.6) is 0 Å². The molecule has 4 heterocycles. The Morgan fingerprint density at radius 2 is 1.79 bits per heavy atom. The van der Waals surface area contributed by atoms with E-state index in [1.807, 2.05) is 16.7 Å². The molecule has 4 saturated heterocycles. The Hall–Kier alpha value is -1.36. The van der Waals surface area contributed by atoms with Gasteiger partial charge in [-0.3, -0.25) is 14.5 Å². The maximum Gasteiger partial charge on any atom is 0.261 e. The quantitative estimate of drug-likeness (QED) is 0.509. The second-order valence-electron chi connectivity index (χ2n) is 12.9. The van der Waals surface area contributed by atoms with E-state index in [4.69, 9.17) is 9.47 Å². The van der Waals surface area contributed by atoms with Crippen molar-refractivity contribution in [1.82, 2.24) is 20.0 Å². The van der Waals surface area contributed by atoms with Crippen LogP contribution in [0.3, 0.4) is 0 Å². The minimum Gasteiger partial charge on any atom is -0.349 e. The lowest BCUT2D eigenvalue weighted by Crippen LogP contribution is -2.64. The first-order valence-corrected chi connectivity index (χ1v) is 14.6. The van der Waals surface area contributed by atoms with Crippen molar-refractivity contribution >= 4 is 11.8 Å². The van der Waals surface area contributed by atoms with Gasteiger partial charge in [-0.2, -0.15) is 0 Å². The normalized spacial score (nSPS) is 33.5. The van der Waals surface area contributed by atoms with Crippen molar-refractivity contribution in [3.8, 4) is 0 Å². The molecule has 0 saturated carbocycles. The molecule has 0 radical (unpaired) electrons. The minimum absolute atomic E-state index is 0.0169. The molecule has 0 aromatic heterocycles. The molecule has 4 aliphatic heterocycles. The maximum atomic E-state index is 14.0. The number of carbonyl (C=O) groups excluding carboxylic acids is 2. The maximum absolute atomic E-state index is 14.0. The van der Waals surface area contributed by atoms with E-state index in [1.165, 1.54) is 0 Å². The van der Waals surface area contributed by atoms with Gasteiger partial charge in [-0.15, -0.1) is 0 Å². The fourth-order valence-electron chi connectivity index (χ4n) is 6.55. The number of likely N-dealkylation sites (tertiary alicyclic amines) is 2. The number of piperazine rings is 1. The molecule has 0 aromatic carbocycles. The molecular formula is C28H48F2N4O4. The minimum atomic E-state index is -2.59. The predicted octanol–water partition coefficient (Wildman–Crippen LogP) is 2.96. The molecule has 2 amide bonds. The standard InChI is InChI=1S/C28H48F2N4O4/c1-19(2)12-23-25(35)34(11-8-31-23)24(13-20(3)4)26(36)33-10-7-28(14-21(33)5)37-16-22(17-38-28)15-32-9-6-27(29,30)18-32/h19-24,31H,6-18H2,1-5H3/t21-,22?,23-,24-,28?/m0/s1. The number of piperidine rings is 1. The summed E-state index contributed by atoms with van der Waals surface area (Å²) in [7, 11) is 0. The number of hydrogen-bond acceptors (Lipinski definition) is 6. The number of carbonyl (C=O) groups is 2. The number of amides is 2. The largest absolute Gasteiger partial charge is 0.349 e. The zero-order chi connectivity index (χ0) is 27.7. The Morgan fingerprint density at radius 1 is 1.08 bits per heavy atom. The average molecular weight is 543 g/mol. The zero-order valence-electron chi connectivity index (χ0n) is 23.9. The highest BCUT2D eigenvalue weighted by molar-refractivity contribution is 5.90. The Labute approximate surface area is 226 Å². The van der Waals surface area contributed by atoms with Crippen LogP contribution in [0.1, 0.15) is 66.7 Å². The fraction of sp³-hybridized carbons (Fsp3) is 0.929. The third-order valence-corrected chi connectivity index (χ3v) is 8.47. The van der Waals surface area contributed by atoms with E-state index in [0.717, 1.165) is 6.42 Å². The summed E-state index contributed by atoms with van der Waals surface area (Å²) in [5.74, 6) is -2.54. The van der Waals surface area contributed by atoms with Gasteiger partial charge < -0.3 is 24.6 Å². The summed E-state index contributed by atoms with van der Waals surface area (Å²) in [5, 5.41) is 3.35. The van der Waals surface area contributed by atoms with Crippen LogP contribution in [0.2, 0.25) is 0 Å². The number of halogens is 2. The molecule has 218 valence electrons. The summed E-state index contributed by atoms with van der Waals surface area (Å²) in [6.45, 7) is 13.9. The van der Waals surface area contributed by atoms with Gasteiger partial charge in [0, 0.05) is 63.9 Å². The molecule has 4 aliphatic rings. The van der Waals surface area contributed by atoms with Crippen LogP contribution in [0.15, 0.2) is 0 Å². The van der Waals surface area contributed by atoms with Crippen LogP contribution >= 0.6 is 0 Å². The van der Waals surface area contributed by atoms with E-state index in [0.29, 0.717) is 71.1 Å². The summed E-state index contributed by atoms with van der Waals surface area (Å²) in [4.78, 5) is 32.9. The summed E-state index contributed by atoms with van der Waals surface area (Å²) in [6.07, 6.45) is 2.45. The second kappa shape index (κ2) is 12.0. The number of ether oxygens (including phenoxy) is 2. The molecule has 38 heavy (non-hydrogen) atoms. The predicted molar refractivity (Wildman–Crippen MR) is 141 cm³/mol. The van der Waals surface area contributed by atoms with Gasteiger partial charge in [-0.1, -0.05) is 27.7 Å². The monoisotopic (exact) mass is 542 g/mol.